The van der Waals surface area contributed by atoms with Crippen LogP contribution >= 0.6 is 0 Å². The van der Waals surface area contributed by atoms with Crippen molar-refractivity contribution in [2.24, 2.45) is 5.41 Å². The number of carbonyl (C=O) groups is 2. The molecule has 1 fully saturated rings. The molecule has 1 aliphatic heterocycles. The van der Waals surface area contributed by atoms with Crippen LogP contribution < -0.4 is 10.6 Å². The molecule has 2 N–H and O–H groups in total. The van der Waals surface area contributed by atoms with E-state index in [1.807, 2.05) is 26.8 Å². The minimum absolute atomic E-state index is 0.148. The first-order valence-electron chi connectivity index (χ1n) is 6.58. The van der Waals surface area contributed by atoms with E-state index in [0.29, 0.717) is 24.2 Å². The van der Waals surface area contributed by atoms with Crippen LogP contribution in [0.5, 0.6) is 0 Å². The van der Waals surface area contributed by atoms with Gasteiger partial charge >= 0.3 is 0 Å². The second-order valence-electron chi connectivity index (χ2n) is 5.88. The summed E-state index contributed by atoms with van der Waals surface area (Å²) in [6.07, 6.45) is 1.60. The monoisotopic (exact) mass is 260 g/mol. The lowest BCUT2D eigenvalue weighted by Crippen LogP contribution is -2.46. The fourth-order valence-electron chi connectivity index (χ4n) is 2.51. The van der Waals surface area contributed by atoms with Crippen LogP contribution in [0.2, 0.25) is 0 Å². The third kappa shape index (κ3) is 2.62. The molecule has 0 aromatic heterocycles. The standard InChI is InChI=1S/C15H20N2O2/c1-4-10-5-6-11(7-12(10)16)17-13(18)8-15(2,3)9-14(17)19/h5-7H,4,8-9,16H2,1-3H3. The zero-order valence-electron chi connectivity index (χ0n) is 11.7. The Kier molecular flexibility index (Phi) is 3.35. The van der Waals surface area contributed by atoms with Crippen LogP contribution in [0.15, 0.2) is 18.2 Å². The fraction of sp³-hybridized carbons (Fsp3) is 0.467. The first kappa shape index (κ1) is 13.6. The molecule has 0 spiro atoms. The number of piperidine rings is 1. The number of imide groups is 1. The molecule has 0 saturated carbocycles. The van der Waals surface area contributed by atoms with Crippen LogP contribution in [-0.2, 0) is 16.0 Å². The lowest BCUT2D eigenvalue weighted by atomic mass is 9.81. The van der Waals surface area contributed by atoms with Gasteiger partial charge < -0.3 is 5.73 Å². The van der Waals surface area contributed by atoms with Crippen molar-refractivity contribution >= 4 is 23.2 Å². The van der Waals surface area contributed by atoms with Gasteiger partial charge in [0.1, 0.15) is 0 Å². The van der Waals surface area contributed by atoms with Gasteiger partial charge in [-0.3, -0.25) is 14.5 Å². The number of hydrogen-bond acceptors (Lipinski definition) is 3. The number of hydrogen-bond donors (Lipinski definition) is 1. The van der Waals surface area contributed by atoms with Gasteiger partial charge in [-0.25, -0.2) is 0 Å². The molecule has 1 saturated heterocycles. The molecule has 4 heteroatoms. The molecule has 1 heterocycles. The zero-order valence-corrected chi connectivity index (χ0v) is 11.7. The first-order valence-corrected chi connectivity index (χ1v) is 6.58. The van der Waals surface area contributed by atoms with Crippen LogP contribution in [0, 0.1) is 5.41 Å². The van der Waals surface area contributed by atoms with Gasteiger partial charge in [0.25, 0.3) is 0 Å². The van der Waals surface area contributed by atoms with E-state index in [0.717, 1.165) is 12.0 Å². The summed E-state index contributed by atoms with van der Waals surface area (Å²) in [4.78, 5) is 25.6. The lowest BCUT2D eigenvalue weighted by molar-refractivity contribution is -0.132. The van der Waals surface area contributed by atoms with E-state index in [2.05, 4.69) is 0 Å². The number of aryl methyl sites for hydroxylation is 1. The van der Waals surface area contributed by atoms with E-state index in [-0.39, 0.29) is 17.2 Å². The Bertz CT molecular complexity index is 515. The van der Waals surface area contributed by atoms with Gasteiger partial charge in [0, 0.05) is 18.5 Å². The van der Waals surface area contributed by atoms with E-state index >= 15 is 0 Å². The average Bonchev–Trinajstić information content (AvgIpc) is 2.26. The first-order chi connectivity index (χ1) is 8.84. The number of carbonyl (C=O) groups excluding carboxylic acids is 2. The van der Waals surface area contributed by atoms with Crippen LogP contribution in [-0.4, -0.2) is 11.8 Å². The normalized spacial score (nSPS) is 18.8. The SMILES string of the molecule is CCc1ccc(N2C(=O)CC(C)(C)CC2=O)cc1N. The van der Waals surface area contributed by atoms with E-state index < -0.39 is 0 Å². The van der Waals surface area contributed by atoms with Crippen molar-refractivity contribution in [3.63, 3.8) is 0 Å². The molecule has 0 unspecified atom stereocenters. The van der Waals surface area contributed by atoms with Gasteiger partial charge in [-0.15, -0.1) is 0 Å². The van der Waals surface area contributed by atoms with Crippen molar-refractivity contribution in [2.75, 3.05) is 10.6 Å². The Morgan fingerprint density at radius 2 is 1.79 bits per heavy atom. The van der Waals surface area contributed by atoms with Crippen molar-refractivity contribution in [3.05, 3.63) is 23.8 Å². The fourth-order valence-corrected chi connectivity index (χ4v) is 2.51. The molecule has 102 valence electrons. The van der Waals surface area contributed by atoms with E-state index in [9.17, 15) is 9.59 Å². The molecule has 19 heavy (non-hydrogen) atoms. The molecule has 1 aromatic carbocycles. The predicted molar refractivity (Wildman–Crippen MR) is 75.7 cm³/mol. The molecule has 0 radical (unpaired) electrons. The van der Waals surface area contributed by atoms with Crippen molar-refractivity contribution < 1.29 is 9.59 Å². The number of rotatable bonds is 2. The largest absolute Gasteiger partial charge is 0.398 e. The molecule has 0 bridgehead atoms. The van der Waals surface area contributed by atoms with Crippen molar-refractivity contribution in [1.29, 1.82) is 0 Å². The molecule has 0 atom stereocenters. The Balaban J connectivity index is 2.34. The summed E-state index contributed by atoms with van der Waals surface area (Å²) in [6.45, 7) is 5.90. The maximum absolute atomic E-state index is 12.2. The van der Waals surface area contributed by atoms with Crippen molar-refractivity contribution in [3.8, 4) is 0 Å². The minimum Gasteiger partial charge on any atom is -0.398 e. The number of amides is 2. The van der Waals surface area contributed by atoms with Crippen molar-refractivity contribution in [2.45, 2.75) is 40.0 Å². The Hall–Kier alpha value is -1.84. The molecule has 1 aromatic rings. The van der Waals surface area contributed by atoms with E-state index in [1.54, 1.807) is 12.1 Å². The summed E-state index contributed by atoms with van der Waals surface area (Å²) in [5.41, 5.74) is 7.93. The molecular formula is C15H20N2O2. The molecule has 4 nitrogen and oxygen atoms in total. The maximum atomic E-state index is 12.2. The molecule has 1 aliphatic rings. The smallest absolute Gasteiger partial charge is 0.234 e. The lowest BCUT2D eigenvalue weighted by Gasteiger charge is -2.34. The maximum Gasteiger partial charge on any atom is 0.234 e. The van der Waals surface area contributed by atoms with Crippen LogP contribution in [0.25, 0.3) is 0 Å². The van der Waals surface area contributed by atoms with Crippen LogP contribution in [0.4, 0.5) is 11.4 Å². The summed E-state index contributed by atoms with van der Waals surface area (Å²) in [5.74, 6) is -0.296. The van der Waals surface area contributed by atoms with Gasteiger partial charge in [0.15, 0.2) is 0 Å². The topological polar surface area (TPSA) is 63.4 Å². The average molecular weight is 260 g/mol. The van der Waals surface area contributed by atoms with Crippen LogP contribution in [0.3, 0.4) is 0 Å². The zero-order chi connectivity index (χ0) is 14.2. The van der Waals surface area contributed by atoms with Gasteiger partial charge in [-0.2, -0.15) is 0 Å². The third-order valence-electron chi connectivity index (χ3n) is 3.53. The van der Waals surface area contributed by atoms with E-state index in [1.165, 1.54) is 4.90 Å². The van der Waals surface area contributed by atoms with Crippen molar-refractivity contribution in [1.82, 2.24) is 0 Å². The van der Waals surface area contributed by atoms with Gasteiger partial charge in [0.05, 0.1) is 5.69 Å². The Morgan fingerprint density at radius 1 is 1.21 bits per heavy atom. The number of benzene rings is 1. The number of anilines is 2. The second kappa shape index (κ2) is 4.68. The molecule has 2 amide bonds. The highest BCUT2D eigenvalue weighted by Crippen LogP contribution is 2.34. The summed E-state index contributed by atoms with van der Waals surface area (Å²) in [6, 6.07) is 5.39. The minimum atomic E-state index is -0.250. The van der Waals surface area contributed by atoms with Gasteiger partial charge in [0.2, 0.25) is 11.8 Å². The van der Waals surface area contributed by atoms with Crippen LogP contribution in [0.1, 0.15) is 39.2 Å². The summed E-state index contributed by atoms with van der Waals surface area (Å²) >= 11 is 0. The number of nitrogen functional groups attached to an aromatic ring is 1. The highest BCUT2D eigenvalue weighted by molar-refractivity contribution is 6.17. The third-order valence-corrected chi connectivity index (χ3v) is 3.53. The quantitative estimate of drug-likeness (QED) is 0.656. The highest BCUT2D eigenvalue weighted by Gasteiger charge is 2.38. The Labute approximate surface area is 113 Å². The summed E-state index contributed by atoms with van der Waals surface area (Å²) < 4.78 is 0. The van der Waals surface area contributed by atoms with E-state index in [4.69, 9.17) is 5.73 Å². The summed E-state index contributed by atoms with van der Waals surface area (Å²) in [5, 5.41) is 0. The predicted octanol–water partition coefficient (Wildman–Crippen LogP) is 2.51. The molecule has 0 aliphatic carbocycles. The number of nitrogens with zero attached hydrogens (tertiary/aromatic N) is 1. The second-order valence-corrected chi connectivity index (χ2v) is 5.88. The van der Waals surface area contributed by atoms with Gasteiger partial charge in [-0.1, -0.05) is 26.8 Å². The van der Waals surface area contributed by atoms with Gasteiger partial charge in [-0.05, 0) is 29.5 Å². The molecule has 2 rings (SSSR count). The summed E-state index contributed by atoms with van der Waals surface area (Å²) in [7, 11) is 0. The Morgan fingerprint density at radius 3 is 2.26 bits per heavy atom. The molecular weight excluding hydrogens is 240 g/mol. The highest BCUT2D eigenvalue weighted by atomic mass is 16.2. The number of nitrogens with two attached hydrogens (primary N) is 1.